The van der Waals surface area contributed by atoms with Crippen LogP contribution in [0, 0.1) is 13.8 Å². The molecule has 0 saturated heterocycles. The van der Waals surface area contributed by atoms with E-state index in [2.05, 4.69) is 4.74 Å². The molecule has 0 aliphatic heterocycles. The van der Waals surface area contributed by atoms with E-state index in [9.17, 15) is 32.7 Å². The van der Waals surface area contributed by atoms with Gasteiger partial charge in [0, 0.05) is 22.3 Å². The van der Waals surface area contributed by atoms with Gasteiger partial charge in [-0.05, 0) is 71.5 Å². The minimum atomic E-state index is -4.92. The fraction of sp³-hybridized carbons (Fsp3) is 0.182. The van der Waals surface area contributed by atoms with Gasteiger partial charge in [0.05, 0.1) is 25.3 Å². The average molecular weight is 575 g/mol. The van der Waals surface area contributed by atoms with Crippen molar-refractivity contribution < 1.29 is 42.1 Å². The molecule has 0 bridgehead atoms. The summed E-state index contributed by atoms with van der Waals surface area (Å²) in [5.41, 5.74) is 1.82. The highest BCUT2D eigenvalue weighted by molar-refractivity contribution is 6.22. The van der Waals surface area contributed by atoms with Gasteiger partial charge in [-0.25, -0.2) is 9.59 Å². The number of ether oxygens (including phenoxy) is 2. The number of hydrogen-bond donors (Lipinski definition) is 1. The number of aryl methyl sites for hydroxylation is 2. The number of carbonyl (C=O) groups is 3. The summed E-state index contributed by atoms with van der Waals surface area (Å²) in [5, 5.41) is 10.6. The standard InChI is InChI=1S/C17H13F3O3.C16H12O3/c1-9-7-10(15(21)23-2)8-13-14(9)11-5-3-4-6-12(11)16(13,22)17(18,19)20;1-9-7-10(16(18)19-2)8-13-14(9)11-5-3-4-6-12(11)15(13)17/h3-8,22H,1-2H3;3-8H,1-2H3. The Kier molecular flexibility index (Phi) is 7.02. The molecule has 1 N–H and O–H groups in total. The van der Waals surface area contributed by atoms with Crippen LogP contribution in [0.5, 0.6) is 0 Å². The molecule has 0 saturated carbocycles. The van der Waals surface area contributed by atoms with E-state index in [1.807, 2.05) is 31.2 Å². The molecule has 4 aromatic carbocycles. The molecular weight excluding hydrogens is 549 g/mol. The second-order valence-electron chi connectivity index (χ2n) is 10.0. The van der Waals surface area contributed by atoms with Crippen LogP contribution >= 0.6 is 0 Å². The third-order valence-electron chi connectivity index (χ3n) is 7.59. The van der Waals surface area contributed by atoms with E-state index >= 15 is 0 Å². The minimum absolute atomic E-state index is 0.0283. The summed E-state index contributed by atoms with van der Waals surface area (Å²) in [6, 6.07) is 19.2. The third kappa shape index (κ3) is 4.28. The topological polar surface area (TPSA) is 89.9 Å². The fourth-order valence-electron chi connectivity index (χ4n) is 5.74. The number of alkyl halides is 3. The molecule has 0 radical (unpaired) electrons. The summed E-state index contributed by atoms with van der Waals surface area (Å²) < 4.78 is 50.3. The molecule has 4 aromatic rings. The average Bonchev–Trinajstić information content (AvgIpc) is 3.42. The van der Waals surface area contributed by atoms with Crippen LogP contribution in [0.4, 0.5) is 13.2 Å². The summed E-state index contributed by atoms with van der Waals surface area (Å²) in [7, 11) is 2.48. The lowest BCUT2D eigenvalue weighted by atomic mass is 9.89. The SMILES string of the molecule is COC(=O)c1cc(C)c2c(c1)C(=O)c1ccccc1-2.COC(=O)c1cc(C)c2c(c1)C(O)(C(F)(F)F)c1ccccc1-2. The number of ketones is 1. The van der Waals surface area contributed by atoms with Gasteiger partial charge in [0.25, 0.3) is 0 Å². The van der Waals surface area contributed by atoms with E-state index in [0.717, 1.165) is 29.9 Å². The van der Waals surface area contributed by atoms with E-state index in [4.69, 9.17) is 4.74 Å². The Labute approximate surface area is 239 Å². The molecule has 1 unspecified atom stereocenters. The van der Waals surface area contributed by atoms with Crippen molar-refractivity contribution in [3.63, 3.8) is 0 Å². The zero-order chi connectivity index (χ0) is 30.6. The quantitative estimate of drug-likeness (QED) is 0.241. The van der Waals surface area contributed by atoms with Gasteiger partial charge in [-0.15, -0.1) is 0 Å². The van der Waals surface area contributed by atoms with E-state index in [-0.39, 0.29) is 22.5 Å². The molecule has 6 nitrogen and oxygen atoms in total. The van der Waals surface area contributed by atoms with Gasteiger partial charge in [-0.3, -0.25) is 4.79 Å². The number of halogens is 3. The van der Waals surface area contributed by atoms with Crippen LogP contribution in [0.25, 0.3) is 22.3 Å². The lowest BCUT2D eigenvalue weighted by molar-refractivity contribution is -0.246. The zero-order valence-corrected chi connectivity index (χ0v) is 23.1. The molecule has 0 fully saturated rings. The van der Waals surface area contributed by atoms with Gasteiger partial charge < -0.3 is 14.6 Å². The first kappa shape index (κ1) is 28.8. The number of esters is 2. The molecule has 6 rings (SSSR count). The second kappa shape index (κ2) is 10.3. The van der Waals surface area contributed by atoms with Crippen LogP contribution in [-0.2, 0) is 15.1 Å². The van der Waals surface area contributed by atoms with Crippen molar-refractivity contribution in [1.29, 1.82) is 0 Å². The van der Waals surface area contributed by atoms with Crippen molar-refractivity contribution in [2.24, 2.45) is 0 Å². The van der Waals surface area contributed by atoms with Crippen LogP contribution in [0.15, 0.2) is 72.8 Å². The highest BCUT2D eigenvalue weighted by Gasteiger charge is 2.61. The second-order valence-corrected chi connectivity index (χ2v) is 10.0. The maximum absolute atomic E-state index is 13.7. The van der Waals surface area contributed by atoms with Crippen molar-refractivity contribution in [3.05, 3.63) is 117 Å². The number of aliphatic hydroxyl groups is 1. The van der Waals surface area contributed by atoms with Crippen LogP contribution < -0.4 is 0 Å². The molecule has 0 aromatic heterocycles. The van der Waals surface area contributed by atoms with Gasteiger partial charge in [0.15, 0.2) is 5.78 Å². The largest absolute Gasteiger partial charge is 0.465 e. The molecule has 9 heteroatoms. The van der Waals surface area contributed by atoms with Crippen molar-refractivity contribution in [2.75, 3.05) is 14.2 Å². The summed E-state index contributed by atoms with van der Waals surface area (Å²) in [5.74, 6) is -1.20. The van der Waals surface area contributed by atoms with Crippen LogP contribution in [0.3, 0.4) is 0 Å². The van der Waals surface area contributed by atoms with Gasteiger partial charge in [-0.1, -0.05) is 48.5 Å². The molecular formula is C33H25F3O6. The number of benzene rings is 4. The normalized spacial score (nSPS) is 16.0. The summed E-state index contributed by atoms with van der Waals surface area (Å²) in [6.45, 7) is 3.50. The minimum Gasteiger partial charge on any atom is -0.465 e. The van der Waals surface area contributed by atoms with E-state index in [0.29, 0.717) is 33.4 Å². The highest BCUT2D eigenvalue weighted by Crippen LogP contribution is 2.56. The van der Waals surface area contributed by atoms with Gasteiger partial charge in [-0.2, -0.15) is 13.2 Å². The van der Waals surface area contributed by atoms with Crippen molar-refractivity contribution in [2.45, 2.75) is 25.6 Å². The number of rotatable bonds is 2. The van der Waals surface area contributed by atoms with E-state index in [1.165, 1.54) is 31.4 Å². The number of hydrogen-bond acceptors (Lipinski definition) is 6. The number of fused-ring (bicyclic) bond motifs is 6. The van der Waals surface area contributed by atoms with Gasteiger partial charge >= 0.3 is 18.1 Å². The molecule has 1 atom stereocenters. The lowest BCUT2D eigenvalue weighted by Crippen LogP contribution is -2.41. The van der Waals surface area contributed by atoms with Crippen LogP contribution in [0.1, 0.15) is 58.9 Å². The number of methoxy groups -OCH3 is 2. The fourth-order valence-corrected chi connectivity index (χ4v) is 5.74. The van der Waals surface area contributed by atoms with Crippen LogP contribution in [-0.4, -0.2) is 43.2 Å². The molecule has 0 spiro atoms. The maximum atomic E-state index is 13.7. The van der Waals surface area contributed by atoms with Crippen molar-refractivity contribution in [1.82, 2.24) is 0 Å². The van der Waals surface area contributed by atoms with E-state index < -0.39 is 23.7 Å². The summed E-state index contributed by atoms with van der Waals surface area (Å²) in [6.07, 6.45) is -4.92. The molecule has 2 aliphatic carbocycles. The Balaban J connectivity index is 0.000000171. The molecule has 42 heavy (non-hydrogen) atoms. The first-order valence-electron chi connectivity index (χ1n) is 12.8. The van der Waals surface area contributed by atoms with Crippen molar-refractivity contribution in [3.8, 4) is 22.3 Å². The van der Waals surface area contributed by atoms with Crippen molar-refractivity contribution >= 4 is 17.7 Å². The lowest BCUT2D eigenvalue weighted by Gasteiger charge is -2.28. The number of carbonyl (C=O) groups excluding carboxylic acids is 3. The van der Waals surface area contributed by atoms with Gasteiger partial charge in [0.2, 0.25) is 5.60 Å². The predicted molar refractivity (Wildman–Crippen MR) is 148 cm³/mol. The summed E-state index contributed by atoms with van der Waals surface area (Å²) >= 11 is 0. The monoisotopic (exact) mass is 574 g/mol. The van der Waals surface area contributed by atoms with E-state index in [1.54, 1.807) is 25.1 Å². The molecule has 0 amide bonds. The van der Waals surface area contributed by atoms with Gasteiger partial charge in [0.1, 0.15) is 0 Å². The Bertz CT molecular complexity index is 1790. The highest BCUT2D eigenvalue weighted by atomic mass is 19.4. The summed E-state index contributed by atoms with van der Waals surface area (Å²) in [4.78, 5) is 35.7. The molecule has 2 aliphatic rings. The Hall–Kier alpha value is -4.76. The maximum Gasteiger partial charge on any atom is 0.425 e. The smallest absolute Gasteiger partial charge is 0.425 e. The first-order chi connectivity index (χ1) is 19.8. The first-order valence-corrected chi connectivity index (χ1v) is 12.8. The molecule has 214 valence electrons. The van der Waals surface area contributed by atoms with Crippen LogP contribution in [0.2, 0.25) is 0 Å². The Morgan fingerprint density at radius 3 is 1.76 bits per heavy atom. The third-order valence-corrected chi connectivity index (χ3v) is 7.59. The Morgan fingerprint density at radius 1 is 0.690 bits per heavy atom. The zero-order valence-electron chi connectivity index (χ0n) is 23.1. The Morgan fingerprint density at radius 2 is 1.19 bits per heavy atom. The predicted octanol–water partition coefficient (Wildman–Crippen LogP) is 6.55. The molecule has 0 heterocycles.